The van der Waals surface area contributed by atoms with E-state index in [1.165, 1.54) is 32.6 Å². The van der Waals surface area contributed by atoms with Crippen molar-refractivity contribution in [2.24, 2.45) is 0 Å². The number of rotatable bonds is 7. The Morgan fingerprint density at radius 3 is 1.20 bits per heavy atom. The maximum Gasteiger partial charge on any atom is 0.164 e. The highest BCUT2D eigenvalue weighted by molar-refractivity contribution is 6.30. The average molecular weight is 970 g/mol. The van der Waals surface area contributed by atoms with Gasteiger partial charge in [-0.25, -0.2) is 15.0 Å². The maximum atomic E-state index is 5.50. The van der Waals surface area contributed by atoms with Crippen LogP contribution in [0, 0.1) is 0 Å². The lowest BCUT2D eigenvalue weighted by Crippen LogP contribution is -2.01. The predicted molar refractivity (Wildman–Crippen MR) is 313 cm³/mol. The molecule has 0 radical (unpaired) electrons. The van der Waals surface area contributed by atoms with Crippen molar-refractivity contribution >= 4 is 87.2 Å². The lowest BCUT2D eigenvalue weighted by atomic mass is 10.0. The van der Waals surface area contributed by atoms with E-state index in [0.717, 1.165) is 94.1 Å². The molecule has 5 heterocycles. The number of nitrogens with zero attached hydrogens (tertiary/aromatic N) is 7. The van der Waals surface area contributed by atoms with Crippen LogP contribution in [0.25, 0.3) is 144 Å². The quantitative estimate of drug-likeness (QED) is 0.160. The number of aromatic nitrogens is 7. The number of para-hydroxylation sites is 6. The molecule has 0 fully saturated rings. The van der Waals surface area contributed by atoms with Crippen LogP contribution in [0.15, 0.2) is 261 Å². The van der Waals surface area contributed by atoms with Crippen LogP contribution >= 0.6 is 0 Å². The smallest absolute Gasteiger partial charge is 0.164 e. The highest BCUT2D eigenvalue weighted by atomic mass is 15.1. The first-order valence-electron chi connectivity index (χ1n) is 25.8. The van der Waals surface area contributed by atoms with E-state index in [0.29, 0.717) is 17.5 Å². The molecule has 7 nitrogen and oxygen atoms in total. The van der Waals surface area contributed by atoms with Crippen LogP contribution in [0.2, 0.25) is 0 Å². The second kappa shape index (κ2) is 16.6. The minimum absolute atomic E-state index is 0.592. The van der Waals surface area contributed by atoms with Gasteiger partial charge in [0.15, 0.2) is 17.5 Å². The number of fused-ring (bicyclic) bond motifs is 14. The molecule has 16 rings (SSSR count). The molecule has 76 heavy (non-hydrogen) atoms. The zero-order valence-electron chi connectivity index (χ0n) is 41.0. The fraction of sp³-hybridized carbons (Fsp3) is 0. The molecular formula is C69H43N7. The van der Waals surface area contributed by atoms with E-state index in [1.54, 1.807) is 0 Å². The molecule has 0 bridgehead atoms. The van der Waals surface area contributed by atoms with Gasteiger partial charge in [0, 0.05) is 82.5 Å². The molecular weight excluding hydrogens is 927 g/mol. The molecule has 354 valence electrons. The molecule has 11 aromatic carbocycles. The molecule has 0 spiro atoms. The molecule has 0 aliphatic rings. The molecule has 0 aliphatic heterocycles. The molecule has 0 saturated carbocycles. The van der Waals surface area contributed by atoms with E-state index in [4.69, 9.17) is 15.0 Å². The summed E-state index contributed by atoms with van der Waals surface area (Å²) in [7, 11) is 0. The summed E-state index contributed by atoms with van der Waals surface area (Å²) < 4.78 is 9.79. The molecule has 0 aliphatic carbocycles. The van der Waals surface area contributed by atoms with E-state index in [-0.39, 0.29) is 0 Å². The van der Waals surface area contributed by atoms with Gasteiger partial charge in [0.1, 0.15) is 0 Å². The van der Waals surface area contributed by atoms with Crippen molar-refractivity contribution in [1.82, 2.24) is 33.2 Å². The van der Waals surface area contributed by atoms with Crippen LogP contribution in [-0.4, -0.2) is 33.2 Å². The third-order valence-electron chi connectivity index (χ3n) is 15.4. The fourth-order valence-electron chi connectivity index (χ4n) is 12.2. The van der Waals surface area contributed by atoms with Gasteiger partial charge in [0.2, 0.25) is 0 Å². The molecule has 5 aromatic heterocycles. The standard InChI is InChI=1S/C69H43N7/c1-6-22-44(23-7-1)67-70-68(45-24-8-2-9-25-45)72-69(71-67)55-43-61-64(53-34-18-21-37-58(53)74(61)47-28-12-4-13-29-47)66-62(55)54-42-49(38-40-59(54)75(66)48-30-14-5-15-31-48)76-56-35-19-16-32-50(56)51-39-41-60-63(65(51)76)52-33-17-20-36-57(52)73(60)46-26-10-3-11-27-46/h1-43H. The van der Waals surface area contributed by atoms with E-state index >= 15 is 0 Å². The highest BCUT2D eigenvalue weighted by Crippen LogP contribution is 2.48. The summed E-state index contributed by atoms with van der Waals surface area (Å²) >= 11 is 0. The predicted octanol–water partition coefficient (Wildman–Crippen LogP) is 17.3. The number of benzene rings is 11. The van der Waals surface area contributed by atoms with Crippen LogP contribution in [0.1, 0.15) is 0 Å². The van der Waals surface area contributed by atoms with Crippen molar-refractivity contribution < 1.29 is 0 Å². The lowest BCUT2D eigenvalue weighted by Gasteiger charge is -2.13. The van der Waals surface area contributed by atoms with E-state index in [2.05, 4.69) is 243 Å². The van der Waals surface area contributed by atoms with Crippen LogP contribution in [0.3, 0.4) is 0 Å². The molecule has 0 N–H and O–H groups in total. The number of hydrogen-bond donors (Lipinski definition) is 0. The first-order valence-corrected chi connectivity index (χ1v) is 25.8. The van der Waals surface area contributed by atoms with E-state index < -0.39 is 0 Å². The Hall–Kier alpha value is -10.4. The summed E-state index contributed by atoms with van der Waals surface area (Å²) in [5, 5.41) is 9.26. The summed E-state index contributed by atoms with van der Waals surface area (Å²) in [4.78, 5) is 16.2. The fourth-order valence-corrected chi connectivity index (χ4v) is 12.2. The van der Waals surface area contributed by atoms with Gasteiger partial charge in [0.05, 0.1) is 44.1 Å². The van der Waals surface area contributed by atoms with Crippen molar-refractivity contribution in [3.05, 3.63) is 261 Å². The first-order chi connectivity index (χ1) is 37.7. The minimum Gasteiger partial charge on any atom is -0.309 e. The summed E-state index contributed by atoms with van der Waals surface area (Å²) in [5.74, 6) is 1.81. The van der Waals surface area contributed by atoms with Gasteiger partial charge in [-0.15, -0.1) is 0 Å². The molecule has 7 heteroatoms. The summed E-state index contributed by atoms with van der Waals surface area (Å²) in [6, 6.07) is 93.3. The summed E-state index contributed by atoms with van der Waals surface area (Å²) in [6.45, 7) is 0. The summed E-state index contributed by atoms with van der Waals surface area (Å²) in [5.41, 5.74) is 16.0. The largest absolute Gasteiger partial charge is 0.309 e. The average Bonchev–Trinajstić information content (AvgIpc) is 4.41. The van der Waals surface area contributed by atoms with Crippen LogP contribution in [0.4, 0.5) is 0 Å². The van der Waals surface area contributed by atoms with Gasteiger partial charge < -0.3 is 18.3 Å². The second-order valence-corrected chi connectivity index (χ2v) is 19.5. The van der Waals surface area contributed by atoms with Crippen LogP contribution in [0.5, 0.6) is 0 Å². The zero-order valence-corrected chi connectivity index (χ0v) is 41.0. The normalized spacial score (nSPS) is 11.9. The topological polar surface area (TPSA) is 58.4 Å². The molecule has 0 atom stereocenters. The maximum absolute atomic E-state index is 5.50. The Bertz CT molecular complexity index is 4900. The van der Waals surface area contributed by atoms with E-state index in [9.17, 15) is 0 Å². The van der Waals surface area contributed by atoms with Crippen molar-refractivity contribution in [1.29, 1.82) is 0 Å². The third-order valence-corrected chi connectivity index (χ3v) is 15.4. The van der Waals surface area contributed by atoms with Crippen molar-refractivity contribution in [3.8, 4) is 56.9 Å². The molecule has 0 amide bonds. The zero-order chi connectivity index (χ0) is 49.8. The van der Waals surface area contributed by atoms with Gasteiger partial charge in [-0.2, -0.15) is 0 Å². The molecule has 0 unspecified atom stereocenters. The minimum atomic E-state index is 0.592. The van der Waals surface area contributed by atoms with Crippen LogP contribution < -0.4 is 0 Å². The highest BCUT2D eigenvalue weighted by Gasteiger charge is 2.28. The van der Waals surface area contributed by atoms with Crippen molar-refractivity contribution in [3.63, 3.8) is 0 Å². The SMILES string of the molecule is c1ccc(-c2nc(-c3ccccc3)nc(-c3cc4c(c5ccccc5n4-c4ccccc4)c4c3c3cc(-n5c6ccccc6c6ccc7c(c8ccccc8n7-c7ccccc7)c65)ccc3n4-c3ccccc3)n2)cc1. The molecule has 0 saturated heterocycles. The Labute approximate surface area is 436 Å². The Morgan fingerprint density at radius 2 is 0.632 bits per heavy atom. The second-order valence-electron chi connectivity index (χ2n) is 19.5. The third kappa shape index (κ3) is 6.20. The van der Waals surface area contributed by atoms with Gasteiger partial charge in [-0.05, 0) is 84.9 Å². The van der Waals surface area contributed by atoms with E-state index in [1.807, 2.05) is 36.4 Å². The first kappa shape index (κ1) is 42.2. The van der Waals surface area contributed by atoms with Crippen LogP contribution in [-0.2, 0) is 0 Å². The van der Waals surface area contributed by atoms with Gasteiger partial charge in [0.25, 0.3) is 0 Å². The Kier molecular flexibility index (Phi) is 9.20. The lowest BCUT2D eigenvalue weighted by molar-refractivity contribution is 1.08. The summed E-state index contributed by atoms with van der Waals surface area (Å²) in [6.07, 6.45) is 0. The van der Waals surface area contributed by atoms with Gasteiger partial charge >= 0.3 is 0 Å². The van der Waals surface area contributed by atoms with Gasteiger partial charge in [-0.3, -0.25) is 0 Å². The molecule has 16 aromatic rings. The number of hydrogen-bond acceptors (Lipinski definition) is 3. The van der Waals surface area contributed by atoms with Crippen molar-refractivity contribution in [2.75, 3.05) is 0 Å². The Balaban J connectivity index is 1.10. The van der Waals surface area contributed by atoms with Crippen molar-refractivity contribution in [2.45, 2.75) is 0 Å². The Morgan fingerprint density at radius 1 is 0.224 bits per heavy atom. The van der Waals surface area contributed by atoms with Gasteiger partial charge in [-0.1, -0.05) is 176 Å². The monoisotopic (exact) mass is 969 g/mol.